The largest absolute Gasteiger partial charge is 0.369 e. The van der Waals surface area contributed by atoms with Gasteiger partial charge in [-0.15, -0.1) is 0 Å². The minimum Gasteiger partial charge on any atom is -0.369 e. The quantitative estimate of drug-likeness (QED) is 0.674. The second kappa shape index (κ2) is 8.17. The third-order valence-corrected chi connectivity index (χ3v) is 4.97. The van der Waals surface area contributed by atoms with E-state index in [4.69, 9.17) is 23.8 Å². The average molecular weight is 439 g/mol. The van der Waals surface area contributed by atoms with Crippen LogP contribution in [-0.4, -0.2) is 24.1 Å². The first-order valence-corrected chi connectivity index (χ1v) is 9.54. The topological polar surface area (TPSA) is 44.4 Å². The molecule has 0 radical (unpaired) electrons. The number of rotatable bonds is 3. The molecular weight excluding hydrogens is 422 g/mol. The lowest BCUT2D eigenvalue weighted by molar-refractivity contribution is 0.0977. The second-order valence-corrected chi connectivity index (χ2v) is 7.48. The van der Waals surface area contributed by atoms with Gasteiger partial charge >= 0.3 is 0 Å². The second-order valence-electron chi connectivity index (χ2n) is 5.75. The van der Waals surface area contributed by atoms with E-state index in [1.807, 2.05) is 24.3 Å². The summed E-state index contributed by atoms with van der Waals surface area (Å²) in [5.41, 5.74) is 2.26. The van der Waals surface area contributed by atoms with Crippen LogP contribution >= 0.6 is 39.7 Å². The molecule has 0 spiro atoms. The zero-order chi connectivity index (χ0) is 17.8. The van der Waals surface area contributed by atoms with Crippen molar-refractivity contribution in [3.63, 3.8) is 0 Å². The zero-order valence-corrected chi connectivity index (χ0v) is 16.5. The van der Waals surface area contributed by atoms with Gasteiger partial charge in [-0.3, -0.25) is 10.1 Å². The van der Waals surface area contributed by atoms with E-state index in [2.05, 4.69) is 31.5 Å². The van der Waals surface area contributed by atoms with E-state index in [0.717, 1.165) is 41.8 Å². The number of anilines is 2. The number of hydrogen-bond donors (Lipinski definition) is 2. The van der Waals surface area contributed by atoms with Crippen LogP contribution in [0.25, 0.3) is 0 Å². The third-order valence-electron chi connectivity index (χ3n) is 3.97. The molecule has 1 fully saturated rings. The maximum atomic E-state index is 12.3. The van der Waals surface area contributed by atoms with Gasteiger partial charge in [-0.25, -0.2) is 0 Å². The van der Waals surface area contributed by atoms with Crippen molar-refractivity contribution in [2.45, 2.75) is 12.8 Å². The molecule has 1 heterocycles. The fourth-order valence-corrected chi connectivity index (χ4v) is 3.73. The van der Waals surface area contributed by atoms with Crippen molar-refractivity contribution in [2.75, 3.05) is 23.3 Å². The van der Waals surface area contributed by atoms with Crippen LogP contribution in [0.5, 0.6) is 0 Å². The third kappa shape index (κ3) is 4.51. The lowest BCUT2D eigenvalue weighted by Crippen LogP contribution is -2.34. The fourth-order valence-electron chi connectivity index (χ4n) is 2.84. The SMILES string of the molecule is O=C(NC(=S)Nc1cccc(Cl)c1N1CCCC1)c1cccc(Br)c1. The predicted octanol–water partition coefficient (Wildman–Crippen LogP) is 4.83. The molecule has 2 aromatic carbocycles. The highest BCUT2D eigenvalue weighted by molar-refractivity contribution is 9.10. The average Bonchev–Trinajstić information content (AvgIpc) is 3.09. The highest BCUT2D eigenvalue weighted by atomic mass is 79.9. The number of thiocarbonyl (C=S) groups is 1. The molecule has 1 saturated heterocycles. The molecule has 2 aromatic rings. The van der Waals surface area contributed by atoms with Crippen LogP contribution in [0.2, 0.25) is 5.02 Å². The van der Waals surface area contributed by atoms with Gasteiger partial charge in [0.2, 0.25) is 0 Å². The Hall–Kier alpha value is -1.63. The minimum atomic E-state index is -0.261. The van der Waals surface area contributed by atoms with Crippen molar-refractivity contribution in [2.24, 2.45) is 0 Å². The van der Waals surface area contributed by atoms with Crippen LogP contribution in [0, 0.1) is 0 Å². The highest BCUT2D eigenvalue weighted by Crippen LogP contribution is 2.35. The Balaban J connectivity index is 1.73. The molecule has 0 aromatic heterocycles. The van der Waals surface area contributed by atoms with Crippen LogP contribution < -0.4 is 15.5 Å². The molecule has 0 aliphatic carbocycles. The van der Waals surface area contributed by atoms with Crippen LogP contribution in [0.3, 0.4) is 0 Å². The molecule has 25 heavy (non-hydrogen) atoms. The zero-order valence-electron chi connectivity index (χ0n) is 13.4. The summed E-state index contributed by atoms with van der Waals surface area (Å²) in [5.74, 6) is -0.261. The van der Waals surface area contributed by atoms with Crippen molar-refractivity contribution >= 4 is 62.1 Å². The number of amides is 1. The molecule has 0 bridgehead atoms. The van der Waals surface area contributed by atoms with Crippen molar-refractivity contribution in [3.8, 4) is 0 Å². The highest BCUT2D eigenvalue weighted by Gasteiger charge is 2.19. The Kier molecular flexibility index (Phi) is 5.93. The number of para-hydroxylation sites is 1. The molecule has 1 aliphatic rings. The Bertz CT molecular complexity index is 809. The molecule has 3 rings (SSSR count). The number of hydrogen-bond acceptors (Lipinski definition) is 3. The minimum absolute atomic E-state index is 0.243. The van der Waals surface area contributed by atoms with E-state index < -0.39 is 0 Å². The Labute approximate surface area is 165 Å². The fraction of sp³-hybridized carbons (Fsp3) is 0.222. The van der Waals surface area contributed by atoms with Crippen LogP contribution in [0.4, 0.5) is 11.4 Å². The molecule has 4 nitrogen and oxygen atoms in total. The maximum Gasteiger partial charge on any atom is 0.257 e. The molecule has 1 aliphatic heterocycles. The van der Waals surface area contributed by atoms with E-state index in [-0.39, 0.29) is 11.0 Å². The summed E-state index contributed by atoms with van der Waals surface area (Å²) in [6.45, 7) is 1.94. The number of carbonyl (C=O) groups excluding carboxylic acids is 1. The first kappa shape index (κ1) is 18.2. The summed E-state index contributed by atoms with van der Waals surface area (Å²) in [5, 5.41) is 6.73. The van der Waals surface area contributed by atoms with Crippen LogP contribution in [0.15, 0.2) is 46.9 Å². The van der Waals surface area contributed by atoms with Gasteiger partial charge in [0.25, 0.3) is 5.91 Å². The molecule has 130 valence electrons. The molecular formula is C18H17BrClN3OS. The first-order valence-electron chi connectivity index (χ1n) is 7.96. The molecule has 0 unspecified atom stereocenters. The summed E-state index contributed by atoms with van der Waals surface area (Å²) < 4.78 is 0.838. The van der Waals surface area contributed by atoms with Gasteiger partial charge in [0.15, 0.2) is 5.11 Å². The number of carbonyl (C=O) groups is 1. The van der Waals surface area contributed by atoms with Crippen molar-refractivity contribution in [3.05, 3.63) is 57.5 Å². The summed E-state index contributed by atoms with van der Waals surface area (Å²) in [6, 6.07) is 12.8. The van der Waals surface area contributed by atoms with Gasteiger partial charge < -0.3 is 10.2 Å². The van der Waals surface area contributed by atoms with Gasteiger partial charge in [-0.2, -0.15) is 0 Å². The van der Waals surface area contributed by atoms with Gasteiger partial charge in [0.05, 0.1) is 16.4 Å². The van der Waals surface area contributed by atoms with Gasteiger partial charge in [0.1, 0.15) is 0 Å². The van der Waals surface area contributed by atoms with Crippen LogP contribution in [-0.2, 0) is 0 Å². The van der Waals surface area contributed by atoms with Crippen LogP contribution in [0.1, 0.15) is 23.2 Å². The summed E-state index contributed by atoms with van der Waals surface area (Å²) >= 11 is 15.1. The molecule has 0 saturated carbocycles. The van der Waals surface area contributed by atoms with E-state index in [1.54, 1.807) is 18.2 Å². The maximum absolute atomic E-state index is 12.3. The number of halogens is 2. The smallest absolute Gasteiger partial charge is 0.257 e. The summed E-state index contributed by atoms with van der Waals surface area (Å²) in [6.07, 6.45) is 2.30. The van der Waals surface area contributed by atoms with Gasteiger partial charge in [-0.1, -0.05) is 39.7 Å². The number of benzene rings is 2. The van der Waals surface area contributed by atoms with Crippen molar-refractivity contribution < 1.29 is 4.79 Å². The van der Waals surface area contributed by atoms with Gasteiger partial charge in [-0.05, 0) is 55.4 Å². The number of nitrogens with one attached hydrogen (secondary N) is 2. The Morgan fingerprint density at radius 2 is 1.88 bits per heavy atom. The van der Waals surface area contributed by atoms with E-state index in [1.165, 1.54) is 0 Å². The first-order chi connectivity index (χ1) is 12.0. The lowest BCUT2D eigenvalue weighted by atomic mass is 10.2. The Morgan fingerprint density at radius 3 is 2.60 bits per heavy atom. The lowest BCUT2D eigenvalue weighted by Gasteiger charge is -2.23. The molecule has 0 atom stereocenters. The normalized spacial score (nSPS) is 13.6. The number of nitrogens with zero attached hydrogens (tertiary/aromatic N) is 1. The van der Waals surface area contributed by atoms with Crippen molar-refractivity contribution in [1.82, 2.24) is 5.32 Å². The summed E-state index contributed by atoms with van der Waals surface area (Å²) in [4.78, 5) is 14.5. The molecule has 7 heteroatoms. The predicted molar refractivity (Wildman–Crippen MR) is 111 cm³/mol. The van der Waals surface area contributed by atoms with E-state index in [9.17, 15) is 4.79 Å². The molecule has 2 N–H and O–H groups in total. The standard InChI is InChI=1S/C18H17BrClN3OS/c19-13-6-3-5-12(11-13)17(24)22-18(25)21-15-8-4-7-14(20)16(15)23-9-1-2-10-23/h3-8,11H,1-2,9-10H2,(H2,21,22,24,25). The van der Waals surface area contributed by atoms with Gasteiger partial charge in [0, 0.05) is 23.1 Å². The van der Waals surface area contributed by atoms with Crippen molar-refractivity contribution in [1.29, 1.82) is 0 Å². The Morgan fingerprint density at radius 1 is 1.16 bits per heavy atom. The molecule has 1 amide bonds. The summed E-state index contributed by atoms with van der Waals surface area (Å²) in [7, 11) is 0. The van der Waals surface area contributed by atoms with E-state index >= 15 is 0 Å². The van der Waals surface area contributed by atoms with E-state index in [0.29, 0.717) is 10.6 Å². The monoisotopic (exact) mass is 437 g/mol.